The molecule has 1 atom stereocenters. The van der Waals surface area contributed by atoms with Crippen molar-refractivity contribution < 1.29 is 19.1 Å². The third-order valence-corrected chi connectivity index (χ3v) is 2.55. The lowest BCUT2D eigenvalue weighted by Crippen LogP contribution is -2.39. The van der Waals surface area contributed by atoms with Gasteiger partial charge in [0, 0.05) is 13.1 Å². The Morgan fingerprint density at radius 1 is 1.44 bits per heavy atom. The van der Waals surface area contributed by atoms with Gasteiger partial charge < -0.3 is 10.0 Å². The number of carbonyl (C=O) groups is 2. The molecule has 18 heavy (non-hydrogen) atoms. The van der Waals surface area contributed by atoms with Crippen LogP contribution in [-0.2, 0) is 9.59 Å². The Morgan fingerprint density at radius 2 is 2.11 bits per heavy atom. The molecule has 0 spiro atoms. The van der Waals surface area contributed by atoms with Gasteiger partial charge in [-0.05, 0) is 30.7 Å². The minimum Gasteiger partial charge on any atom is -0.480 e. The van der Waals surface area contributed by atoms with Crippen molar-refractivity contribution in [3.63, 3.8) is 0 Å². The number of likely N-dealkylation sites (N-methyl/N-ethyl adjacent to an activating group) is 1. The zero-order chi connectivity index (χ0) is 13.7. The SMILES string of the molecule is CC(C(=O)O)N(C)C(=O)C=Cc1cccc(F)c1. The molecule has 1 amide bonds. The lowest BCUT2D eigenvalue weighted by Gasteiger charge is -2.19. The topological polar surface area (TPSA) is 57.6 Å². The van der Waals surface area contributed by atoms with Gasteiger partial charge in [-0.25, -0.2) is 9.18 Å². The van der Waals surface area contributed by atoms with E-state index in [1.807, 2.05) is 0 Å². The molecule has 1 N–H and O–H groups in total. The molecular formula is C13H14FNO3. The lowest BCUT2D eigenvalue weighted by atomic mass is 10.2. The van der Waals surface area contributed by atoms with Crippen LogP contribution in [0.15, 0.2) is 30.3 Å². The molecule has 0 saturated carbocycles. The van der Waals surface area contributed by atoms with Crippen LogP contribution in [0.3, 0.4) is 0 Å². The Balaban J connectivity index is 2.73. The van der Waals surface area contributed by atoms with Gasteiger partial charge in [0.2, 0.25) is 5.91 Å². The highest BCUT2D eigenvalue weighted by molar-refractivity contribution is 5.94. The quantitative estimate of drug-likeness (QED) is 0.830. The molecule has 0 aliphatic carbocycles. The molecule has 4 nitrogen and oxygen atoms in total. The summed E-state index contributed by atoms with van der Waals surface area (Å²) in [5.41, 5.74) is 0.541. The van der Waals surface area contributed by atoms with Gasteiger partial charge in [-0.3, -0.25) is 4.79 Å². The molecular weight excluding hydrogens is 237 g/mol. The summed E-state index contributed by atoms with van der Waals surface area (Å²) in [5.74, 6) is -1.92. The number of halogens is 1. The zero-order valence-corrected chi connectivity index (χ0v) is 10.1. The van der Waals surface area contributed by atoms with Crippen molar-refractivity contribution in [3.8, 4) is 0 Å². The largest absolute Gasteiger partial charge is 0.480 e. The van der Waals surface area contributed by atoms with Crippen molar-refractivity contribution in [1.82, 2.24) is 4.90 Å². The molecule has 1 aromatic carbocycles. The number of aliphatic carboxylic acids is 1. The Kier molecular flexibility index (Phi) is 4.59. The Bertz CT molecular complexity index is 485. The van der Waals surface area contributed by atoms with Crippen LogP contribution in [0.1, 0.15) is 12.5 Å². The Hall–Kier alpha value is -2.17. The first-order valence-corrected chi connectivity index (χ1v) is 5.35. The first kappa shape index (κ1) is 13.9. The van der Waals surface area contributed by atoms with Gasteiger partial charge in [0.25, 0.3) is 0 Å². The van der Waals surface area contributed by atoms with Crippen LogP contribution in [0.4, 0.5) is 4.39 Å². The maximum absolute atomic E-state index is 12.9. The standard InChI is InChI=1S/C13H14FNO3/c1-9(13(17)18)15(2)12(16)7-6-10-4-3-5-11(14)8-10/h3-9H,1-2H3,(H,17,18). The smallest absolute Gasteiger partial charge is 0.326 e. The van der Waals surface area contributed by atoms with Crippen molar-refractivity contribution >= 4 is 18.0 Å². The monoisotopic (exact) mass is 251 g/mol. The summed E-state index contributed by atoms with van der Waals surface area (Å²) in [6.45, 7) is 1.41. The maximum atomic E-state index is 12.9. The number of benzene rings is 1. The third-order valence-electron chi connectivity index (χ3n) is 2.55. The van der Waals surface area contributed by atoms with Gasteiger partial charge in [0.05, 0.1) is 0 Å². The number of hydrogen-bond donors (Lipinski definition) is 1. The van der Waals surface area contributed by atoms with Crippen LogP contribution < -0.4 is 0 Å². The second-order valence-electron chi connectivity index (χ2n) is 3.85. The summed E-state index contributed by atoms with van der Waals surface area (Å²) in [4.78, 5) is 23.4. The molecule has 1 aromatic rings. The molecule has 1 rings (SSSR count). The van der Waals surface area contributed by atoms with E-state index in [0.717, 1.165) is 4.90 Å². The van der Waals surface area contributed by atoms with Crippen molar-refractivity contribution in [2.24, 2.45) is 0 Å². The van der Waals surface area contributed by atoms with Gasteiger partial charge in [-0.15, -0.1) is 0 Å². The molecule has 0 saturated heterocycles. The molecule has 0 heterocycles. The molecule has 96 valence electrons. The molecule has 0 aliphatic rings. The van der Waals surface area contributed by atoms with E-state index >= 15 is 0 Å². The van der Waals surface area contributed by atoms with Gasteiger partial charge >= 0.3 is 5.97 Å². The average molecular weight is 251 g/mol. The van der Waals surface area contributed by atoms with Gasteiger partial charge in [0.1, 0.15) is 11.9 Å². The summed E-state index contributed by atoms with van der Waals surface area (Å²) in [5, 5.41) is 8.76. The van der Waals surface area contributed by atoms with E-state index in [1.165, 1.54) is 44.3 Å². The summed E-state index contributed by atoms with van der Waals surface area (Å²) in [6, 6.07) is 4.85. The number of amides is 1. The molecule has 0 aliphatic heterocycles. The van der Waals surface area contributed by atoms with E-state index in [-0.39, 0.29) is 0 Å². The molecule has 0 radical (unpaired) electrons. The van der Waals surface area contributed by atoms with Crippen LogP contribution >= 0.6 is 0 Å². The predicted octanol–water partition coefficient (Wildman–Crippen LogP) is 1.77. The van der Waals surface area contributed by atoms with Gasteiger partial charge in [0.15, 0.2) is 0 Å². The first-order chi connectivity index (χ1) is 8.41. The van der Waals surface area contributed by atoms with Gasteiger partial charge in [-0.2, -0.15) is 0 Å². The van der Waals surface area contributed by atoms with Crippen LogP contribution in [0, 0.1) is 5.82 Å². The van der Waals surface area contributed by atoms with Crippen molar-refractivity contribution in [3.05, 3.63) is 41.7 Å². The van der Waals surface area contributed by atoms with Crippen LogP contribution in [0.2, 0.25) is 0 Å². The van der Waals surface area contributed by atoms with E-state index in [4.69, 9.17) is 5.11 Å². The van der Waals surface area contributed by atoms with Crippen LogP contribution in [0.5, 0.6) is 0 Å². The van der Waals surface area contributed by atoms with Crippen molar-refractivity contribution in [2.75, 3.05) is 7.05 Å². The predicted molar refractivity (Wildman–Crippen MR) is 65.3 cm³/mol. The normalized spacial score (nSPS) is 12.4. The average Bonchev–Trinajstić information content (AvgIpc) is 2.34. The Labute approximate surface area is 104 Å². The van der Waals surface area contributed by atoms with Crippen LogP contribution in [0.25, 0.3) is 6.08 Å². The summed E-state index contributed by atoms with van der Waals surface area (Å²) in [6.07, 6.45) is 2.66. The van der Waals surface area contributed by atoms with E-state index in [1.54, 1.807) is 6.07 Å². The zero-order valence-electron chi connectivity index (χ0n) is 10.1. The van der Waals surface area contributed by atoms with E-state index in [2.05, 4.69) is 0 Å². The maximum Gasteiger partial charge on any atom is 0.326 e. The number of nitrogens with zero attached hydrogens (tertiary/aromatic N) is 1. The second kappa shape index (κ2) is 5.95. The second-order valence-corrected chi connectivity index (χ2v) is 3.85. The number of rotatable bonds is 4. The van der Waals surface area contributed by atoms with Gasteiger partial charge in [-0.1, -0.05) is 12.1 Å². The number of carbonyl (C=O) groups excluding carboxylic acids is 1. The number of hydrogen-bond acceptors (Lipinski definition) is 2. The van der Waals surface area contributed by atoms with Crippen LogP contribution in [-0.4, -0.2) is 35.0 Å². The molecule has 0 bridgehead atoms. The van der Waals surface area contributed by atoms with E-state index in [9.17, 15) is 14.0 Å². The third kappa shape index (κ3) is 3.69. The lowest BCUT2D eigenvalue weighted by molar-refractivity contribution is -0.146. The van der Waals surface area contributed by atoms with E-state index < -0.39 is 23.7 Å². The minimum absolute atomic E-state index is 0.392. The molecule has 1 unspecified atom stereocenters. The first-order valence-electron chi connectivity index (χ1n) is 5.35. The number of carboxylic acids is 1. The highest BCUT2D eigenvalue weighted by atomic mass is 19.1. The van der Waals surface area contributed by atoms with E-state index in [0.29, 0.717) is 5.56 Å². The summed E-state index contributed by atoms with van der Waals surface area (Å²) < 4.78 is 12.9. The number of carboxylic acid groups (broad SMARTS) is 1. The molecule has 5 heteroatoms. The fourth-order valence-electron chi connectivity index (χ4n) is 1.25. The summed E-state index contributed by atoms with van der Waals surface area (Å²) in [7, 11) is 1.40. The van der Waals surface area contributed by atoms with Crippen molar-refractivity contribution in [2.45, 2.75) is 13.0 Å². The molecule has 0 aromatic heterocycles. The fraction of sp³-hybridized carbons (Fsp3) is 0.231. The fourth-order valence-corrected chi connectivity index (χ4v) is 1.25. The highest BCUT2D eigenvalue weighted by Crippen LogP contribution is 2.06. The molecule has 0 fully saturated rings. The minimum atomic E-state index is -1.08. The highest BCUT2D eigenvalue weighted by Gasteiger charge is 2.19. The Morgan fingerprint density at radius 3 is 2.67 bits per heavy atom. The van der Waals surface area contributed by atoms with Crippen molar-refractivity contribution in [1.29, 1.82) is 0 Å². The summed E-state index contributed by atoms with van der Waals surface area (Å²) >= 11 is 0.